The molecule has 0 aliphatic carbocycles. The number of sulfonamides is 1. The van der Waals surface area contributed by atoms with E-state index in [1.165, 1.54) is 25.2 Å². The summed E-state index contributed by atoms with van der Waals surface area (Å²) in [6.07, 6.45) is 0. The van der Waals surface area contributed by atoms with Crippen LogP contribution >= 0.6 is 23.2 Å². The van der Waals surface area contributed by atoms with Crippen molar-refractivity contribution < 1.29 is 13.2 Å². The summed E-state index contributed by atoms with van der Waals surface area (Å²) in [5.74, 6) is -0.401. The highest BCUT2D eigenvalue weighted by Crippen LogP contribution is 2.23. The molecule has 128 valence electrons. The molecule has 24 heavy (non-hydrogen) atoms. The maximum absolute atomic E-state index is 12.4. The van der Waals surface area contributed by atoms with Gasteiger partial charge in [0.25, 0.3) is 5.91 Å². The number of rotatable bonds is 5. The predicted octanol–water partition coefficient (Wildman–Crippen LogP) is 3.39. The molecule has 1 amide bonds. The van der Waals surface area contributed by atoms with Crippen LogP contribution in [0.5, 0.6) is 0 Å². The highest BCUT2D eigenvalue weighted by molar-refractivity contribution is 7.89. The van der Waals surface area contributed by atoms with E-state index in [-0.39, 0.29) is 21.5 Å². The summed E-state index contributed by atoms with van der Waals surface area (Å²) < 4.78 is 26.0. The van der Waals surface area contributed by atoms with Crippen molar-refractivity contribution in [1.29, 1.82) is 0 Å². The minimum Gasteiger partial charge on any atom is -0.346 e. The Kier molecular flexibility index (Phi) is 5.87. The molecule has 0 aromatic heterocycles. The molecule has 0 aliphatic heterocycles. The van der Waals surface area contributed by atoms with E-state index in [1.807, 2.05) is 19.1 Å². The zero-order valence-electron chi connectivity index (χ0n) is 13.0. The summed E-state index contributed by atoms with van der Waals surface area (Å²) in [5, 5.41) is 3.46. The van der Waals surface area contributed by atoms with E-state index in [9.17, 15) is 13.2 Å². The van der Waals surface area contributed by atoms with Crippen LogP contribution in [0.3, 0.4) is 0 Å². The first-order valence-corrected chi connectivity index (χ1v) is 9.28. The molecule has 2 rings (SSSR count). The molecule has 0 unspecified atom stereocenters. The largest absolute Gasteiger partial charge is 0.346 e. The molecule has 0 saturated heterocycles. The average molecular weight is 387 g/mol. The molecule has 1 atom stereocenters. The number of hydrogen-bond donors (Lipinski definition) is 2. The maximum atomic E-state index is 12.4. The van der Waals surface area contributed by atoms with Gasteiger partial charge in [-0.15, -0.1) is 0 Å². The van der Waals surface area contributed by atoms with Crippen LogP contribution in [-0.2, 0) is 10.0 Å². The molecule has 0 radical (unpaired) electrons. The first kappa shape index (κ1) is 18.7. The molecule has 2 N–H and O–H groups in total. The number of amides is 1. The Bertz CT molecular complexity index is 852. The Morgan fingerprint density at radius 2 is 1.71 bits per heavy atom. The number of carbonyl (C=O) groups is 1. The number of benzene rings is 2. The van der Waals surface area contributed by atoms with Crippen molar-refractivity contribution in [3.8, 4) is 0 Å². The van der Waals surface area contributed by atoms with E-state index in [1.54, 1.807) is 12.1 Å². The summed E-state index contributed by atoms with van der Waals surface area (Å²) in [6.45, 7) is 1.82. The minimum atomic E-state index is -3.75. The fourth-order valence-corrected chi connectivity index (χ4v) is 3.45. The van der Waals surface area contributed by atoms with Crippen molar-refractivity contribution in [1.82, 2.24) is 10.0 Å². The fourth-order valence-electron chi connectivity index (χ4n) is 2.08. The summed E-state index contributed by atoms with van der Waals surface area (Å²) in [7, 11) is -2.47. The number of halogens is 2. The quantitative estimate of drug-likeness (QED) is 0.826. The molecule has 2 aromatic carbocycles. The van der Waals surface area contributed by atoms with Gasteiger partial charge in [0.15, 0.2) is 0 Å². The lowest BCUT2D eigenvalue weighted by molar-refractivity contribution is 0.0939. The monoisotopic (exact) mass is 386 g/mol. The van der Waals surface area contributed by atoms with Gasteiger partial charge in [0, 0.05) is 10.6 Å². The van der Waals surface area contributed by atoms with Crippen molar-refractivity contribution in [2.75, 3.05) is 7.05 Å². The van der Waals surface area contributed by atoms with Gasteiger partial charge >= 0.3 is 0 Å². The van der Waals surface area contributed by atoms with Crippen molar-refractivity contribution in [3.05, 3.63) is 63.6 Å². The van der Waals surface area contributed by atoms with E-state index in [0.29, 0.717) is 5.02 Å². The second kappa shape index (κ2) is 7.53. The molecule has 2 aromatic rings. The second-order valence-electron chi connectivity index (χ2n) is 5.10. The van der Waals surface area contributed by atoms with E-state index in [4.69, 9.17) is 23.2 Å². The minimum absolute atomic E-state index is 0.0478. The summed E-state index contributed by atoms with van der Waals surface area (Å²) >= 11 is 11.8. The second-order valence-corrected chi connectivity index (χ2v) is 7.80. The molecule has 0 saturated carbocycles. The molecular formula is C16H16Cl2N2O3S. The SMILES string of the molecule is CNS(=O)(=O)c1cc(C(=O)N[C@H](C)c2ccc(Cl)cc2)ccc1Cl. The zero-order valence-corrected chi connectivity index (χ0v) is 15.3. The molecule has 5 nitrogen and oxygen atoms in total. The van der Waals surface area contributed by atoms with E-state index in [2.05, 4.69) is 10.0 Å². The Morgan fingerprint density at radius 1 is 1.08 bits per heavy atom. The molecule has 0 heterocycles. The van der Waals surface area contributed by atoms with Gasteiger partial charge in [0.2, 0.25) is 10.0 Å². The van der Waals surface area contributed by atoms with Crippen LogP contribution < -0.4 is 10.0 Å². The summed E-state index contributed by atoms with van der Waals surface area (Å²) in [6, 6.07) is 10.9. The van der Waals surface area contributed by atoms with Gasteiger partial charge in [-0.2, -0.15) is 0 Å². The topological polar surface area (TPSA) is 75.3 Å². The van der Waals surface area contributed by atoms with Gasteiger partial charge in [-0.3, -0.25) is 4.79 Å². The Hall–Kier alpha value is -1.60. The van der Waals surface area contributed by atoms with Crippen LogP contribution in [0.15, 0.2) is 47.4 Å². The van der Waals surface area contributed by atoms with Gasteiger partial charge in [0.1, 0.15) is 4.90 Å². The third kappa shape index (κ3) is 4.27. The molecule has 0 spiro atoms. The van der Waals surface area contributed by atoms with Crippen LogP contribution in [0.1, 0.15) is 28.9 Å². The van der Waals surface area contributed by atoms with Crippen LogP contribution in [-0.4, -0.2) is 21.4 Å². The Labute approximate surface area is 151 Å². The first-order chi connectivity index (χ1) is 11.2. The predicted molar refractivity (Wildman–Crippen MR) is 95.0 cm³/mol. The maximum Gasteiger partial charge on any atom is 0.251 e. The van der Waals surface area contributed by atoms with Crippen molar-refractivity contribution in [2.24, 2.45) is 0 Å². The molecule has 0 aliphatic rings. The van der Waals surface area contributed by atoms with E-state index in [0.717, 1.165) is 5.56 Å². The third-order valence-electron chi connectivity index (χ3n) is 3.47. The van der Waals surface area contributed by atoms with Crippen molar-refractivity contribution in [3.63, 3.8) is 0 Å². The van der Waals surface area contributed by atoms with Gasteiger partial charge < -0.3 is 5.32 Å². The van der Waals surface area contributed by atoms with Gasteiger partial charge in [-0.1, -0.05) is 35.3 Å². The molecule has 0 fully saturated rings. The number of hydrogen-bond acceptors (Lipinski definition) is 3. The summed E-state index contributed by atoms with van der Waals surface area (Å²) in [5.41, 5.74) is 1.08. The zero-order chi connectivity index (χ0) is 17.9. The number of carbonyl (C=O) groups excluding carboxylic acids is 1. The normalized spacial score (nSPS) is 12.7. The van der Waals surface area contributed by atoms with Crippen LogP contribution in [0.2, 0.25) is 10.0 Å². The highest BCUT2D eigenvalue weighted by Gasteiger charge is 2.19. The van der Waals surface area contributed by atoms with E-state index < -0.39 is 15.9 Å². The Morgan fingerprint density at radius 3 is 2.29 bits per heavy atom. The average Bonchev–Trinajstić information content (AvgIpc) is 2.55. The lowest BCUT2D eigenvalue weighted by Gasteiger charge is -2.15. The van der Waals surface area contributed by atoms with Gasteiger partial charge in [0.05, 0.1) is 11.1 Å². The fraction of sp³-hybridized carbons (Fsp3) is 0.188. The lowest BCUT2D eigenvalue weighted by atomic mass is 10.1. The molecule has 8 heteroatoms. The highest BCUT2D eigenvalue weighted by atomic mass is 35.5. The standard InChI is InChI=1S/C16H16Cl2N2O3S/c1-10(11-3-6-13(17)7-4-11)20-16(21)12-5-8-14(18)15(9-12)24(22,23)19-2/h3-10,19H,1-2H3,(H,20,21)/t10-/m1/s1. The lowest BCUT2D eigenvalue weighted by Crippen LogP contribution is -2.27. The molecule has 0 bridgehead atoms. The van der Waals surface area contributed by atoms with Crippen LogP contribution in [0, 0.1) is 0 Å². The smallest absolute Gasteiger partial charge is 0.251 e. The Balaban J connectivity index is 2.24. The van der Waals surface area contributed by atoms with Gasteiger partial charge in [-0.05, 0) is 49.9 Å². The van der Waals surface area contributed by atoms with Crippen LogP contribution in [0.25, 0.3) is 0 Å². The molecular weight excluding hydrogens is 371 g/mol. The third-order valence-corrected chi connectivity index (χ3v) is 5.62. The van der Waals surface area contributed by atoms with Gasteiger partial charge in [-0.25, -0.2) is 13.1 Å². The first-order valence-electron chi connectivity index (χ1n) is 7.04. The number of nitrogens with one attached hydrogen (secondary N) is 2. The van der Waals surface area contributed by atoms with Crippen molar-refractivity contribution in [2.45, 2.75) is 17.9 Å². The van der Waals surface area contributed by atoms with Crippen molar-refractivity contribution >= 4 is 39.1 Å². The summed E-state index contributed by atoms with van der Waals surface area (Å²) in [4.78, 5) is 12.2. The van der Waals surface area contributed by atoms with E-state index >= 15 is 0 Å². The van der Waals surface area contributed by atoms with Crippen LogP contribution in [0.4, 0.5) is 0 Å².